The number of ether oxygens (including phenoxy) is 2. The van der Waals surface area contributed by atoms with E-state index in [4.69, 9.17) is 15.2 Å². The van der Waals surface area contributed by atoms with E-state index < -0.39 is 0 Å². The number of benzene rings is 1. The van der Waals surface area contributed by atoms with Crippen LogP contribution in [0.15, 0.2) is 18.2 Å². The van der Waals surface area contributed by atoms with Crippen molar-refractivity contribution in [1.82, 2.24) is 0 Å². The SMILES string of the molecule is CC(C)Oc1ccc(OC(C)C)c(CCN)c1. The largest absolute Gasteiger partial charge is 0.491 e. The molecular weight excluding hydrogens is 214 g/mol. The van der Waals surface area contributed by atoms with Crippen LogP contribution in [0.25, 0.3) is 0 Å². The molecule has 3 nitrogen and oxygen atoms in total. The standard InChI is InChI=1S/C14H23NO2/c1-10(2)16-13-5-6-14(17-11(3)4)12(9-13)7-8-15/h5-6,9-11H,7-8,15H2,1-4H3. The first kappa shape index (κ1) is 13.8. The second-order valence-electron chi connectivity index (χ2n) is 4.64. The van der Waals surface area contributed by atoms with Crippen molar-refractivity contribution in [3.05, 3.63) is 23.8 Å². The summed E-state index contributed by atoms with van der Waals surface area (Å²) in [6.45, 7) is 8.68. The maximum Gasteiger partial charge on any atom is 0.123 e. The summed E-state index contributed by atoms with van der Waals surface area (Å²) >= 11 is 0. The lowest BCUT2D eigenvalue weighted by Crippen LogP contribution is -2.11. The molecule has 2 N–H and O–H groups in total. The molecule has 1 rings (SSSR count). The third kappa shape index (κ3) is 4.65. The average molecular weight is 237 g/mol. The molecule has 0 bridgehead atoms. The molecule has 1 aromatic carbocycles. The topological polar surface area (TPSA) is 44.5 Å². The summed E-state index contributed by atoms with van der Waals surface area (Å²) in [5, 5.41) is 0. The molecular formula is C14H23NO2. The Balaban J connectivity index is 2.90. The van der Waals surface area contributed by atoms with Crippen LogP contribution < -0.4 is 15.2 Å². The van der Waals surface area contributed by atoms with Gasteiger partial charge in [-0.1, -0.05) is 0 Å². The van der Waals surface area contributed by atoms with E-state index in [0.29, 0.717) is 6.54 Å². The van der Waals surface area contributed by atoms with Crippen molar-refractivity contribution in [3.8, 4) is 11.5 Å². The third-order valence-corrected chi connectivity index (χ3v) is 2.18. The van der Waals surface area contributed by atoms with Crippen molar-refractivity contribution >= 4 is 0 Å². The van der Waals surface area contributed by atoms with Gasteiger partial charge < -0.3 is 15.2 Å². The lowest BCUT2D eigenvalue weighted by Gasteiger charge is -2.16. The average Bonchev–Trinajstić information content (AvgIpc) is 2.21. The molecule has 0 aliphatic rings. The Labute approximate surface area is 104 Å². The van der Waals surface area contributed by atoms with E-state index >= 15 is 0 Å². The smallest absolute Gasteiger partial charge is 0.123 e. The highest BCUT2D eigenvalue weighted by atomic mass is 16.5. The highest BCUT2D eigenvalue weighted by Crippen LogP contribution is 2.26. The van der Waals surface area contributed by atoms with Crippen LogP contribution >= 0.6 is 0 Å². The lowest BCUT2D eigenvalue weighted by atomic mass is 10.1. The molecule has 0 radical (unpaired) electrons. The zero-order valence-electron chi connectivity index (χ0n) is 11.2. The van der Waals surface area contributed by atoms with Gasteiger partial charge in [-0.2, -0.15) is 0 Å². The van der Waals surface area contributed by atoms with Crippen LogP contribution in [-0.4, -0.2) is 18.8 Å². The first-order valence-electron chi connectivity index (χ1n) is 6.19. The van der Waals surface area contributed by atoms with Gasteiger partial charge in [-0.25, -0.2) is 0 Å². The first-order valence-corrected chi connectivity index (χ1v) is 6.19. The normalized spacial score (nSPS) is 11.0. The Hall–Kier alpha value is -1.22. The van der Waals surface area contributed by atoms with E-state index in [0.717, 1.165) is 23.5 Å². The van der Waals surface area contributed by atoms with Gasteiger partial charge in [-0.3, -0.25) is 0 Å². The maximum absolute atomic E-state index is 5.75. The Morgan fingerprint density at radius 3 is 2.24 bits per heavy atom. The minimum Gasteiger partial charge on any atom is -0.491 e. The van der Waals surface area contributed by atoms with Crippen LogP contribution in [0.3, 0.4) is 0 Å². The molecule has 0 saturated heterocycles. The van der Waals surface area contributed by atoms with Gasteiger partial charge in [0.15, 0.2) is 0 Å². The van der Waals surface area contributed by atoms with Crippen molar-refractivity contribution in [2.24, 2.45) is 5.73 Å². The summed E-state index contributed by atoms with van der Waals surface area (Å²) in [6, 6.07) is 5.92. The summed E-state index contributed by atoms with van der Waals surface area (Å²) in [7, 11) is 0. The van der Waals surface area contributed by atoms with Crippen LogP contribution in [0.2, 0.25) is 0 Å². The molecule has 0 aliphatic carbocycles. The minimum absolute atomic E-state index is 0.170. The molecule has 96 valence electrons. The predicted molar refractivity (Wildman–Crippen MR) is 70.7 cm³/mol. The summed E-state index contributed by atoms with van der Waals surface area (Å²) < 4.78 is 11.4. The van der Waals surface area contributed by atoms with Gasteiger partial charge in [0.2, 0.25) is 0 Å². The lowest BCUT2D eigenvalue weighted by molar-refractivity contribution is 0.233. The summed E-state index contributed by atoms with van der Waals surface area (Å²) in [5.41, 5.74) is 6.73. The van der Waals surface area contributed by atoms with Crippen molar-refractivity contribution < 1.29 is 9.47 Å². The monoisotopic (exact) mass is 237 g/mol. The second-order valence-corrected chi connectivity index (χ2v) is 4.64. The molecule has 0 aromatic heterocycles. The fourth-order valence-corrected chi connectivity index (χ4v) is 1.62. The zero-order valence-corrected chi connectivity index (χ0v) is 11.2. The van der Waals surface area contributed by atoms with E-state index in [1.807, 2.05) is 45.9 Å². The highest BCUT2D eigenvalue weighted by Gasteiger charge is 2.08. The Morgan fingerprint density at radius 1 is 1.06 bits per heavy atom. The van der Waals surface area contributed by atoms with Gasteiger partial charge in [0, 0.05) is 0 Å². The fraction of sp³-hybridized carbons (Fsp3) is 0.571. The van der Waals surface area contributed by atoms with E-state index in [1.54, 1.807) is 0 Å². The Morgan fingerprint density at radius 2 is 1.71 bits per heavy atom. The number of nitrogens with two attached hydrogens (primary N) is 1. The van der Waals surface area contributed by atoms with E-state index in [1.165, 1.54) is 0 Å². The quantitative estimate of drug-likeness (QED) is 0.827. The van der Waals surface area contributed by atoms with Crippen molar-refractivity contribution in [2.45, 2.75) is 46.3 Å². The van der Waals surface area contributed by atoms with Gasteiger partial charge in [0.25, 0.3) is 0 Å². The molecule has 1 aromatic rings. The van der Waals surface area contributed by atoms with Gasteiger partial charge in [-0.15, -0.1) is 0 Å². The van der Waals surface area contributed by atoms with Crippen molar-refractivity contribution in [3.63, 3.8) is 0 Å². The molecule has 0 amide bonds. The number of rotatable bonds is 6. The zero-order chi connectivity index (χ0) is 12.8. The molecule has 0 unspecified atom stereocenters. The van der Waals surface area contributed by atoms with E-state index in [2.05, 4.69) is 0 Å². The molecule has 17 heavy (non-hydrogen) atoms. The maximum atomic E-state index is 5.75. The van der Waals surface area contributed by atoms with Crippen LogP contribution in [0.5, 0.6) is 11.5 Å². The minimum atomic E-state index is 0.170. The molecule has 0 aliphatic heterocycles. The molecule has 0 fully saturated rings. The fourth-order valence-electron chi connectivity index (χ4n) is 1.62. The molecule has 0 saturated carbocycles. The summed E-state index contributed by atoms with van der Waals surface area (Å²) in [4.78, 5) is 0. The number of hydrogen-bond donors (Lipinski definition) is 1. The second kappa shape index (κ2) is 6.50. The molecule has 3 heteroatoms. The van der Waals surface area contributed by atoms with E-state index in [-0.39, 0.29) is 12.2 Å². The van der Waals surface area contributed by atoms with Crippen LogP contribution in [0.4, 0.5) is 0 Å². The first-order chi connectivity index (χ1) is 8.02. The van der Waals surface area contributed by atoms with Gasteiger partial charge in [0.1, 0.15) is 11.5 Å². The van der Waals surface area contributed by atoms with Crippen molar-refractivity contribution in [2.75, 3.05) is 6.54 Å². The third-order valence-electron chi connectivity index (χ3n) is 2.18. The van der Waals surface area contributed by atoms with E-state index in [9.17, 15) is 0 Å². The van der Waals surface area contributed by atoms with Gasteiger partial charge in [0.05, 0.1) is 12.2 Å². The highest BCUT2D eigenvalue weighted by molar-refractivity contribution is 5.40. The van der Waals surface area contributed by atoms with Crippen LogP contribution in [-0.2, 0) is 6.42 Å². The van der Waals surface area contributed by atoms with Gasteiger partial charge >= 0.3 is 0 Å². The summed E-state index contributed by atoms with van der Waals surface area (Å²) in [5.74, 6) is 1.78. The molecule has 0 atom stereocenters. The van der Waals surface area contributed by atoms with Gasteiger partial charge in [-0.05, 0) is 64.4 Å². The van der Waals surface area contributed by atoms with Crippen molar-refractivity contribution in [1.29, 1.82) is 0 Å². The molecule has 0 spiro atoms. The van der Waals surface area contributed by atoms with Crippen LogP contribution in [0.1, 0.15) is 33.3 Å². The summed E-state index contributed by atoms with van der Waals surface area (Å²) in [6.07, 6.45) is 1.15. The van der Waals surface area contributed by atoms with Crippen LogP contribution in [0, 0.1) is 0 Å². The molecule has 0 heterocycles. The number of hydrogen-bond acceptors (Lipinski definition) is 3. The Kier molecular flexibility index (Phi) is 5.29. The Bertz CT molecular complexity index is 348. The predicted octanol–water partition coefficient (Wildman–Crippen LogP) is 2.76.